The maximum atomic E-state index is 10.1. The molecule has 5 heteroatoms. The maximum absolute atomic E-state index is 10.1. The first kappa shape index (κ1) is 8.16. The summed E-state index contributed by atoms with van der Waals surface area (Å²) in [6, 6.07) is 0. The molecule has 11 heavy (non-hydrogen) atoms. The highest BCUT2D eigenvalue weighted by molar-refractivity contribution is 7.09. The number of aliphatic carboxylic acids is 1. The largest absolute Gasteiger partial charge is 0.550 e. The van der Waals surface area contributed by atoms with Gasteiger partial charge >= 0.3 is 0 Å². The van der Waals surface area contributed by atoms with Gasteiger partial charge in [0.05, 0.1) is 5.69 Å². The zero-order chi connectivity index (χ0) is 8.27. The second-order valence-electron chi connectivity index (χ2n) is 2.03. The van der Waals surface area contributed by atoms with Crippen LogP contribution in [0.1, 0.15) is 10.7 Å². The number of aromatic nitrogens is 1. The third kappa shape index (κ3) is 2.28. The molecule has 1 aromatic heterocycles. The Hall–Kier alpha value is -0.940. The lowest BCUT2D eigenvalue weighted by atomic mass is 10.3. The minimum atomic E-state index is -1.09. The van der Waals surface area contributed by atoms with Gasteiger partial charge in [-0.05, 0) is 0 Å². The molecule has 0 aliphatic rings. The fourth-order valence-corrected chi connectivity index (χ4v) is 1.39. The molecule has 0 radical (unpaired) electrons. The minimum Gasteiger partial charge on any atom is -0.550 e. The number of carboxylic acid groups (broad SMARTS) is 1. The summed E-state index contributed by atoms with van der Waals surface area (Å²) in [5.74, 6) is -1.09. The van der Waals surface area contributed by atoms with Crippen molar-refractivity contribution in [3.05, 3.63) is 16.1 Å². The molecule has 0 amide bonds. The lowest BCUT2D eigenvalue weighted by molar-refractivity contribution is -0.386. The Morgan fingerprint density at radius 1 is 1.82 bits per heavy atom. The van der Waals surface area contributed by atoms with E-state index in [0.29, 0.717) is 12.2 Å². The SMILES string of the molecule is [NH3+]Cc1nc(CC(=O)[O-])cs1. The van der Waals surface area contributed by atoms with Crippen LogP contribution >= 0.6 is 11.3 Å². The Morgan fingerprint density at radius 3 is 3.00 bits per heavy atom. The van der Waals surface area contributed by atoms with Crippen LogP contribution in [0.2, 0.25) is 0 Å². The lowest BCUT2D eigenvalue weighted by Gasteiger charge is -1.95. The number of carbonyl (C=O) groups excluding carboxylic acids is 1. The van der Waals surface area contributed by atoms with Crippen molar-refractivity contribution in [2.45, 2.75) is 13.0 Å². The average molecular weight is 172 g/mol. The number of carboxylic acids is 1. The molecule has 0 fully saturated rings. The zero-order valence-electron chi connectivity index (χ0n) is 5.87. The van der Waals surface area contributed by atoms with Gasteiger partial charge in [0.1, 0.15) is 11.6 Å². The van der Waals surface area contributed by atoms with E-state index in [1.807, 2.05) is 0 Å². The van der Waals surface area contributed by atoms with Crippen LogP contribution in [0.4, 0.5) is 0 Å². The molecule has 0 atom stereocenters. The summed E-state index contributed by atoms with van der Waals surface area (Å²) in [6.07, 6.45) is -0.101. The predicted molar refractivity (Wildman–Crippen MR) is 37.4 cm³/mol. The summed E-state index contributed by atoms with van der Waals surface area (Å²) in [4.78, 5) is 14.1. The molecule has 1 rings (SSSR count). The molecule has 0 saturated heterocycles. The number of thiazole rings is 1. The Kier molecular flexibility index (Phi) is 2.56. The van der Waals surface area contributed by atoms with Crippen molar-refractivity contribution in [3.63, 3.8) is 0 Å². The van der Waals surface area contributed by atoms with E-state index in [1.165, 1.54) is 11.3 Å². The molecular weight excluding hydrogens is 164 g/mol. The van der Waals surface area contributed by atoms with Gasteiger partial charge in [0.15, 0.2) is 0 Å². The molecule has 0 aliphatic heterocycles. The summed E-state index contributed by atoms with van der Waals surface area (Å²) in [7, 11) is 0. The highest BCUT2D eigenvalue weighted by atomic mass is 32.1. The smallest absolute Gasteiger partial charge is 0.147 e. The van der Waals surface area contributed by atoms with Crippen molar-refractivity contribution in [1.82, 2.24) is 4.98 Å². The summed E-state index contributed by atoms with van der Waals surface area (Å²) < 4.78 is 0. The molecule has 60 valence electrons. The molecule has 0 aromatic carbocycles. The van der Waals surface area contributed by atoms with Crippen LogP contribution in [-0.2, 0) is 17.8 Å². The summed E-state index contributed by atoms with van der Waals surface area (Å²) in [5, 5.41) is 12.7. The molecule has 0 unspecified atom stereocenters. The lowest BCUT2D eigenvalue weighted by Crippen LogP contribution is -2.47. The number of rotatable bonds is 3. The topological polar surface area (TPSA) is 80.7 Å². The van der Waals surface area contributed by atoms with Gasteiger partial charge < -0.3 is 15.6 Å². The van der Waals surface area contributed by atoms with E-state index in [0.717, 1.165) is 5.01 Å². The first-order valence-corrected chi connectivity index (χ1v) is 4.02. The molecule has 0 spiro atoms. The number of hydrogen-bond acceptors (Lipinski definition) is 4. The van der Waals surface area contributed by atoms with Crippen LogP contribution in [0, 0.1) is 0 Å². The predicted octanol–water partition coefficient (Wildman–Crippen LogP) is -1.82. The summed E-state index contributed by atoms with van der Waals surface area (Å²) in [5.41, 5.74) is 4.20. The van der Waals surface area contributed by atoms with Crippen LogP contribution in [0.15, 0.2) is 5.38 Å². The van der Waals surface area contributed by atoms with Crippen molar-refractivity contribution in [2.24, 2.45) is 0 Å². The van der Waals surface area contributed by atoms with E-state index < -0.39 is 5.97 Å². The number of carbonyl (C=O) groups is 1. The molecule has 4 nitrogen and oxygen atoms in total. The number of hydrogen-bond donors (Lipinski definition) is 1. The van der Waals surface area contributed by atoms with Crippen molar-refractivity contribution < 1.29 is 15.6 Å². The van der Waals surface area contributed by atoms with Crippen molar-refractivity contribution in [3.8, 4) is 0 Å². The van der Waals surface area contributed by atoms with Gasteiger partial charge in [0.25, 0.3) is 0 Å². The van der Waals surface area contributed by atoms with E-state index in [1.54, 1.807) is 5.38 Å². The third-order valence-electron chi connectivity index (χ3n) is 1.14. The standard InChI is InChI=1S/C6H8N2O2S/c7-2-5-8-4(3-11-5)1-6(9)10/h3H,1-2,7H2,(H,9,10). The van der Waals surface area contributed by atoms with Crippen molar-refractivity contribution >= 4 is 17.3 Å². The minimum absolute atomic E-state index is 0.101. The van der Waals surface area contributed by atoms with Crippen molar-refractivity contribution in [2.75, 3.05) is 0 Å². The van der Waals surface area contributed by atoms with E-state index in [4.69, 9.17) is 0 Å². The van der Waals surface area contributed by atoms with Crippen LogP contribution < -0.4 is 10.8 Å². The molecule has 1 heterocycles. The molecule has 1 aromatic rings. The van der Waals surface area contributed by atoms with Crippen LogP contribution in [0.3, 0.4) is 0 Å². The monoisotopic (exact) mass is 172 g/mol. The average Bonchev–Trinajstić information content (AvgIpc) is 2.34. The zero-order valence-corrected chi connectivity index (χ0v) is 6.69. The second-order valence-corrected chi connectivity index (χ2v) is 2.97. The Morgan fingerprint density at radius 2 is 2.55 bits per heavy atom. The number of nitrogens with zero attached hydrogens (tertiary/aromatic N) is 1. The van der Waals surface area contributed by atoms with Gasteiger partial charge in [-0.15, -0.1) is 11.3 Å². The van der Waals surface area contributed by atoms with Crippen LogP contribution in [0.25, 0.3) is 0 Å². The molecule has 0 bridgehead atoms. The number of quaternary nitrogens is 1. The Labute approximate surface area is 67.7 Å². The third-order valence-corrected chi connectivity index (χ3v) is 2.10. The van der Waals surface area contributed by atoms with Crippen LogP contribution in [-0.4, -0.2) is 11.0 Å². The molecule has 3 N–H and O–H groups in total. The Bertz CT molecular complexity index is 259. The van der Waals surface area contributed by atoms with E-state index in [2.05, 4.69) is 10.7 Å². The maximum Gasteiger partial charge on any atom is 0.147 e. The fourth-order valence-electron chi connectivity index (χ4n) is 0.693. The van der Waals surface area contributed by atoms with Gasteiger partial charge in [-0.3, -0.25) is 0 Å². The van der Waals surface area contributed by atoms with E-state index in [9.17, 15) is 9.90 Å². The van der Waals surface area contributed by atoms with Crippen molar-refractivity contribution in [1.29, 1.82) is 0 Å². The van der Waals surface area contributed by atoms with Crippen LogP contribution in [0.5, 0.6) is 0 Å². The molecular formula is C6H8N2O2S. The summed E-state index contributed by atoms with van der Waals surface area (Å²) >= 11 is 1.43. The van der Waals surface area contributed by atoms with Gasteiger partial charge in [-0.25, -0.2) is 4.98 Å². The Balaban J connectivity index is 2.65. The van der Waals surface area contributed by atoms with Gasteiger partial charge in [0, 0.05) is 17.8 Å². The molecule has 0 aliphatic carbocycles. The highest BCUT2D eigenvalue weighted by Crippen LogP contribution is 2.08. The highest BCUT2D eigenvalue weighted by Gasteiger charge is 2.00. The van der Waals surface area contributed by atoms with Gasteiger partial charge in [0.2, 0.25) is 0 Å². The van der Waals surface area contributed by atoms with Gasteiger partial charge in [-0.2, -0.15) is 0 Å². The quantitative estimate of drug-likeness (QED) is 0.582. The fraction of sp³-hybridized carbons (Fsp3) is 0.333. The van der Waals surface area contributed by atoms with Gasteiger partial charge in [-0.1, -0.05) is 0 Å². The first-order chi connectivity index (χ1) is 5.22. The summed E-state index contributed by atoms with van der Waals surface area (Å²) in [6.45, 7) is 0.609. The normalized spacial score (nSPS) is 9.91. The van der Waals surface area contributed by atoms with E-state index >= 15 is 0 Å². The first-order valence-electron chi connectivity index (χ1n) is 3.14. The van der Waals surface area contributed by atoms with E-state index in [-0.39, 0.29) is 6.42 Å². The molecule has 0 saturated carbocycles. The second kappa shape index (κ2) is 3.45.